The van der Waals surface area contributed by atoms with E-state index in [2.05, 4.69) is 23.9 Å². The molecule has 0 spiro atoms. The summed E-state index contributed by atoms with van der Waals surface area (Å²) in [6.45, 7) is 5.89. The molecular formula is C14H19N3O. The average molecular weight is 245 g/mol. The lowest BCUT2D eigenvalue weighted by Crippen LogP contribution is -2.02. The average Bonchev–Trinajstić information content (AvgIpc) is 2.82. The standard InChI is InChI=1S/C14H19N3O/c1-4-13-15-14(5-2)17(16-13)12-8-6-11(7-9-12)10(3)18/h6-10,18H,4-5H2,1-3H3/t10-/m1/s1. The van der Waals surface area contributed by atoms with Crippen molar-refractivity contribution in [2.24, 2.45) is 0 Å². The molecule has 0 fully saturated rings. The van der Waals surface area contributed by atoms with Gasteiger partial charge in [0.15, 0.2) is 5.82 Å². The molecule has 0 unspecified atom stereocenters. The number of rotatable bonds is 4. The van der Waals surface area contributed by atoms with Crippen LogP contribution in [0.5, 0.6) is 0 Å². The van der Waals surface area contributed by atoms with Gasteiger partial charge in [-0.25, -0.2) is 9.67 Å². The minimum Gasteiger partial charge on any atom is -0.389 e. The molecule has 0 bridgehead atoms. The molecule has 18 heavy (non-hydrogen) atoms. The van der Waals surface area contributed by atoms with Crippen LogP contribution in [0.4, 0.5) is 0 Å². The fourth-order valence-electron chi connectivity index (χ4n) is 1.87. The van der Waals surface area contributed by atoms with Gasteiger partial charge in [-0.15, -0.1) is 0 Å². The zero-order valence-electron chi connectivity index (χ0n) is 11.1. The Hall–Kier alpha value is -1.68. The zero-order valence-corrected chi connectivity index (χ0v) is 11.1. The lowest BCUT2D eigenvalue weighted by Gasteiger charge is -2.07. The van der Waals surface area contributed by atoms with Crippen molar-refractivity contribution >= 4 is 0 Å². The largest absolute Gasteiger partial charge is 0.389 e. The Kier molecular flexibility index (Phi) is 3.77. The Bertz CT molecular complexity index is 514. The van der Waals surface area contributed by atoms with E-state index in [0.29, 0.717) is 0 Å². The summed E-state index contributed by atoms with van der Waals surface area (Å²) < 4.78 is 1.88. The molecule has 0 saturated carbocycles. The number of aromatic nitrogens is 3. The first-order chi connectivity index (χ1) is 8.65. The van der Waals surface area contributed by atoms with Gasteiger partial charge < -0.3 is 5.11 Å². The summed E-state index contributed by atoms with van der Waals surface area (Å²) >= 11 is 0. The van der Waals surface area contributed by atoms with E-state index in [9.17, 15) is 5.11 Å². The van der Waals surface area contributed by atoms with Crippen LogP contribution in [-0.4, -0.2) is 19.9 Å². The molecule has 1 atom stereocenters. The minimum absolute atomic E-state index is 0.438. The van der Waals surface area contributed by atoms with Gasteiger partial charge in [0, 0.05) is 12.8 Å². The van der Waals surface area contributed by atoms with Gasteiger partial charge in [-0.3, -0.25) is 0 Å². The number of hydrogen-bond donors (Lipinski definition) is 1. The van der Waals surface area contributed by atoms with Gasteiger partial charge in [0.2, 0.25) is 0 Å². The van der Waals surface area contributed by atoms with Crippen molar-refractivity contribution in [1.29, 1.82) is 0 Å². The smallest absolute Gasteiger partial charge is 0.151 e. The highest BCUT2D eigenvalue weighted by atomic mass is 16.3. The summed E-state index contributed by atoms with van der Waals surface area (Å²) in [4.78, 5) is 4.48. The Labute approximate surface area is 107 Å². The van der Waals surface area contributed by atoms with Crippen LogP contribution in [-0.2, 0) is 12.8 Å². The summed E-state index contributed by atoms with van der Waals surface area (Å²) in [6, 6.07) is 7.78. The van der Waals surface area contributed by atoms with Gasteiger partial charge in [-0.2, -0.15) is 5.10 Å². The van der Waals surface area contributed by atoms with Crippen molar-refractivity contribution in [2.75, 3.05) is 0 Å². The van der Waals surface area contributed by atoms with E-state index in [0.717, 1.165) is 35.7 Å². The van der Waals surface area contributed by atoms with E-state index in [1.54, 1.807) is 6.92 Å². The van der Waals surface area contributed by atoms with Crippen LogP contribution in [0, 0.1) is 0 Å². The van der Waals surface area contributed by atoms with Gasteiger partial charge >= 0.3 is 0 Å². The normalized spacial score (nSPS) is 12.7. The van der Waals surface area contributed by atoms with Crippen molar-refractivity contribution in [1.82, 2.24) is 14.8 Å². The van der Waals surface area contributed by atoms with Crippen LogP contribution in [0.25, 0.3) is 5.69 Å². The second-order valence-corrected chi connectivity index (χ2v) is 4.33. The third-order valence-electron chi connectivity index (χ3n) is 2.97. The monoisotopic (exact) mass is 245 g/mol. The van der Waals surface area contributed by atoms with Crippen molar-refractivity contribution in [2.45, 2.75) is 39.7 Å². The molecule has 2 rings (SSSR count). The highest BCUT2D eigenvalue weighted by molar-refractivity contribution is 5.35. The fraction of sp³-hybridized carbons (Fsp3) is 0.429. The molecule has 0 aliphatic heterocycles. The SMILES string of the molecule is CCc1nc(CC)n(-c2ccc([C@@H](C)O)cc2)n1. The molecule has 1 aromatic carbocycles. The minimum atomic E-state index is -0.438. The molecule has 4 nitrogen and oxygen atoms in total. The second kappa shape index (κ2) is 5.31. The third kappa shape index (κ3) is 2.43. The summed E-state index contributed by atoms with van der Waals surface area (Å²) in [5, 5.41) is 14.0. The fourth-order valence-corrected chi connectivity index (χ4v) is 1.87. The van der Waals surface area contributed by atoms with E-state index in [1.165, 1.54) is 0 Å². The number of nitrogens with zero attached hydrogens (tertiary/aromatic N) is 3. The molecular weight excluding hydrogens is 226 g/mol. The van der Waals surface area contributed by atoms with Crippen LogP contribution in [0.15, 0.2) is 24.3 Å². The molecule has 0 saturated heterocycles. The first kappa shape index (κ1) is 12.8. The topological polar surface area (TPSA) is 50.9 Å². The van der Waals surface area contributed by atoms with Gasteiger partial charge in [0.25, 0.3) is 0 Å². The van der Waals surface area contributed by atoms with E-state index in [-0.39, 0.29) is 0 Å². The van der Waals surface area contributed by atoms with Crippen molar-refractivity contribution in [3.05, 3.63) is 41.5 Å². The number of aliphatic hydroxyl groups is 1. The molecule has 4 heteroatoms. The third-order valence-corrected chi connectivity index (χ3v) is 2.97. The van der Waals surface area contributed by atoms with E-state index in [1.807, 2.05) is 28.9 Å². The Balaban J connectivity index is 2.38. The highest BCUT2D eigenvalue weighted by Crippen LogP contribution is 2.16. The maximum absolute atomic E-state index is 9.49. The van der Waals surface area contributed by atoms with E-state index >= 15 is 0 Å². The molecule has 1 heterocycles. The van der Waals surface area contributed by atoms with Gasteiger partial charge in [0.05, 0.1) is 11.8 Å². The van der Waals surface area contributed by atoms with E-state index < -0.39 is 6.10 Å². The lowest BCUT2D eigenvalue weighted by molar-refractivity contribution is 0.199. The highest BCUT2D eigenvalue weighted by Gasteiger charge is 2.09. The molecule has 0 radical (unpaired) electrons. The van der Waals surface area contributed by atoms with Gasteiger partial charge in [-0.1, -0.05) is 26.0 Å². The van der Waals surface area contributed by atoms with Crippen LogP contribution in [0.3, 0.4) is 0 Å². The quantitative estimate of drug-likeness (QED) is 0.900. The van der Waals surface area contributed by atoms with Crippen molar-refractivity contribution in [3.8, 4) is 5.69 Å². The summed E-state index contributed by atoms with van der Waals surface area (Å²) in [5.41, 5.74) is 1.90. The maximum atomic E-state index is 9.49. The first-order valence-corrected chi connectivity index (χ1v) is 6.38. The number of aryl methyl sites for hydroxylation is 2. The van der Waals surface area contributed by atoms with Crippen LogP contribution < -0.4 is 0 Å². The molecule has 96 valence electrons. The molecule has 0 amide bonds. The first-order valence-electron chi connectivity index (χ1n) is 6.38. The molecule has 1 N–H and O–H groups in total. The molecule has 0 aliphatic rings. The van der Waals surface area contributed by atoms with Crippen molar-refractivity contribution in [3.63, 3.8) is 0 Å². The number of aliphatic hydroxyl groups excluding tert-OH is 1. The predicted octanol–water partition coefficient (Wildman–Crippen LogP) is 2.45. The molecule has 2 aromatic rings. The van der Waals surface area contributed by atoms with Crippen molar-refractivity contribution < 1.29 is 5.11 Å². The number of benzene rings is 1. The molecule has 1 aromatic heterocycles. The van der Waals surface area contributed by atoms with Gasteiger partial charge in [0.1, 0.15) is 5.82 Å². The number of hydrogen-bond acceptors (Lipinski definition) is 3. The predicted molar refractivity (Wildman–Crippen MR) is 70.7 cm³/mol. The van der Waals surface area contributed by atoms with E-state index in [4.69, 9.17) is 0 Å². The van der Waals surface area contributed by atoms with Crippen LogP contribution in [0.2, 0.25) is 0 Å². The molecule has 0 aliphatic carbocycles. The summed E-state index contributed by atoms with van der Waals surface area (Å²) in [6.07, 6.45) is 1.25. The second-order valence-electron chi connectivity index (χ2n) is 4.33. The summed E-state index contributed by atoms with van der Waals surface area (Å²) in [7, 11) is 0. The van der Waals surface area contributed by atoms with Gasteiger partial charge in [-0.05, 0) is 24.6 Å². The zero-order chi connectivity index (χ0) is 13.1. The lowest BCUT2D eigenvalue weighted by atomic mass is 10.1. The maximum Gasteiger partial charge on any atom is 0.151 e. The van der Waals surface area contributed by atoms with Crippen LogP contribution in [0.1, 0.15) is 44.1 Å². The Morgan fingerprint density at radius 2 is 1.83 bits per heavy atom. The summed E-state index contributed by atoms with van der Waals surface area (Å²) in [5.74, 6) is 1.84. The Morgan fingerprint density at radius 3 is 2.33 bits per heavy atom. The van der Waals surface area contributed by atoms with Crippen LogP contribution >= 0.6 is 0 Å². The Morgan fingerprint density at radius 1 is 1.17 bits per heavy atom.